The number of sulfone groups is 1. The van der Waals surface area contributed by atoms with Crippen molar-refractivity contribution in [2.24, 2.45) is 0 Å². The average molecular weight is 402 g/mol. The zero-order chi connectivity index (χ0) is 12.6. The number of thiophene rings is 1. The zero-order valence-corrected chi connectivity index (χ0v) is 13.6. The van der Waals surface area contributed by atoms with Crippen LogP contribution in [0.1, 0.15) is 28.9 Å². The highest BCUT2D eigenvalue weighted by Crippen LogP contribution is 2.34. The van der Waals surface area contributed by atoms with Gasteiger partial charge in [0.05, 0.1) is 14.4 Å². The van der Waals surface area contributed by atoms with Crippen LogP contribution >= 0.6 is 43.2 Å². The molecule has 1 aliphatic heterocycles. The summed E-state index contributed by atoms with van der Waals surface area (Å²) in [5.41, 5.74) is 0. The number of ketones is 1. The Morgan fingerprint density at radius 1 is 1.35 bits per heavy atom. The summed E-state index contributed by atoms with van der Waals surface area (Å²) in [6.07, 6.45) is 1.93. The Morgan fingerprint density at radius 3 is 2.59 bits per heavy atom. The second-order valence-electron chi connectivity index (χ2n) is 3.95. The van der Waals surface area contributed by atoms with Crippen molar-refractivity contribution in [2.75, 3.05) is 5.75 Å². The monoisotopic (exact) mass is 400 g/mol. The van der Waals surface area contributed by atoms with Crippen molar-refractivity contribution in [1.29, 1.82) is 0 Å². The van der Waals surface area contributed by atoms with E-state index in [0.717, 1.165) is 14.7 Å². The van der Waals surface area contributed by atoms with Crippen LogP contribution in [-0.4, -0.2) is 25.2 Å². The molecule has 2 heterocycles. The predicted octanol–water partition coefficient (Wildman–Crippen LogP) is 3.42. The summed E-state index contributed by atoms with van der Waals surface area (Å²) in [6, 6.07) is 1.68. The average Bonchev–Trinajstić information content (AvgIpc) is 2.58. The Hall–Kier alpha value is 0.280. The van der Waals surface area contributed by atoms with Crippen LogP contribution in [0.4, 0.5) is 0 Å². The van der Waals surface area contributed by atoms with Gasteiger partial charge in [-0.05, 0) is 50.8 Å². The van der Waals surface area contributed by atoms with Crippen molar-refractivity contribution in [3.8, 4) is 0 Å². The van der Waals surface area contributed by atoms with Crippen molar-refractivity contribution in [3.63, 3.8) is 0 Å². The molecule has 0 radical (unpaired) electrons. The largest absolute Gasteiger partial charge is 0.292 e. The molecule has 0 saturated carbocycles. The number of carbonyl (C=O) groups is 1. The van der Waals surface area contributed by atoms with Gasteiger partial charge in [0.15, 0.2) is 15.6 Å². The summed E-state index contributed by atoms with van der Waals surface area (Å²) in [5.74, 6) is -0.127. The molecule has 3 nitrogen and oxygen atoms in total. The Balaban J connectivity index is 2.31. The van der Waals surface area contributed by atoms with Crippen LogP contribution in [0, 0.1) is 0 Å². The van der Waals surface area contributed by atoms with Crippen molar-refractivity contribution in [3.05, 3.63) is 19.2 Å². The Morgan fingerprint density at radius 2 is 2.06 bits per heavy atom. The molecule has 1 saturated heterocycles. The van der Waals surface area contributed by atoms with E-state index in [1.807, 2.05) is 0 Å². The van der Waals surface area contributed by atoms with Crippen molar-refractivity contribution in [1.82, 2.24) is 0 Å². The quantitative estimate of drug-likeness (QED) is 0.713. The van der Waals surface area contributed by atoms with Crippen molar-refractivity contribution >= 4 is 58.8 Å². The summed E-state index contributed by atoms with van der Waals surface area (Å²) >= 11 is 7.88. The van der Waals surface area contributed by atoms with Crippen molar-refractivity contribution in [2.45, 2.75) is 24.5 Å². The normalized spacial score (nSPS) is 23.5. The lowest BCUT2D eigenvalue weighted by Gasteiger charge is -2.20. The second-order valence-corrected chi connectivity index (χ2v) is 9.48. The number of Topliss-reactive ketones (excluding diaryl/α,β-unsaturated/α-hetero) is 1. The number of hydrogen-bond acceptors (Lipinski definition) is 4. The minimum absolute atomic E-state index is 0.136. The molecule has 0 spiro atoms. The van der Waals surface area contributed by atoms with E-state index in [0.29, 0.717) is 17.7 Å². The smallest absolute Gasteiger partial charge is 0.190 e. The molecule has 1 atom stereocenters. The van der Waals surface area contributed by atoms with E-state index in [1.165, 1.54) is 11.3 Å². The molecule has 17 heavy (non-hydrogen) atoms. The summed E-state index contributed by atoms with van der Waals surface area (Å²) in [6.45, 7) is 0. The van der Waals surface area contributed by atoms with Gasteiger partial charge >= 0.3 is 0 Å². The highest BCUT2D eigenvalue weighted by molar-refractivity contribution is 9.13. The molecular weight excluding hydrogens is 392 g/mol. The lowest BCUT2D eigenvalue weighted by Crippen LogP contribution is -2.35. The molecule has 1 unspecified atom stereocenters. The molecule has 0 aliphatic carbocycles. The zero-order valence-electron chi connectivity index (χ0n) is 8.78. The van der Waals surface area contributed by atoms with Gasteiger partial charge in [-0.1, -0.05) is 6.42 Å². The first-order valence-electron chi connectivity index (χ1n) is 5.12. The third kappa shape index (κ3) is 2.83. The van der Waals surface area contributed by atoms with Crippen LogP contribution in [0.15, 0.2) is 14.3 Å². The fraction of sp³-hybridized carbons (Fsp3) is 0.500. The van der Waals surface area contributed by atoms with Crippen molar-refractivity contribution < 1.29 is 13.2 Å². The standard InChI is InChI=1S/C10H10Br2O3S2/c11-6-5-7(16-10(6)12)9(13)8-3-1-2-4-17(8,14)15/h5,8H,1-4H2. The topological polar surface area (TPSA) is 51.2 Å². The molecule has 0 bridgehead atoms. The van der Waals surface area contributed by atoms with Gasteiger partial charge in [-0.2, -0.15) is 0 Å². The highest BCUT2D eigenvalue weighted by atomic mass is 79.9. The molecule has 0 amide bonds. The minimum Gasteiger partial charge on any atom is -0.292 e. The van der Waals surface area contributed by atoms with Gasteiger partial charge in [0.25, 0.3) is 0 Å². The van der Waals surface area contributed by atoms with Gasteiger partial charge in [-0.15, -0.1) is 11.3 Å². The van der Waals surface area contributed by atoms with Crippen LogP contribution in [0.2, 0.25) is 0 Å². The molecule has 0 N–H and O–H groups in total. The lowest BCUT2D eigenvalue weighted by atomic mass is 10.1. The third-order valence-corrected chi connectivity index (χ3v) is 8.20. The number of halogens is 2. The predicted molar refractivity (Wildman–Crippen MR) is 75.5 cm³/mol. The minimum atomic E-state index is -3.25. The molecule has 1 aliphatic rings. The Kier molecular flexibility index (Phi) is 4.12. The third-order valence-electron chi connectivity index (χ3n) is 2.76. The molecule has 1 aromatic rings. The molecule has 0 aromatic carbocycles. The molecule has 7 heteroatoms. The molecular formula is C10H10Br2O3S2. The maximum atomic E-state index is 12.2. The van der Waals surface area contributed by atoms with Crippen LogP contribution in [0.5, 0.6) is 0 Å². The SMILES string of the molecule is O=C(c1cc(Br)c(Br)s1)C1CCCCS1(=O)=O. The van der Waals surface area contributed by atoms with E-state index < -0.39 is 15.1 Å². The van der Waals surface area contributed by atoms with E-state index >= 15 is 0 Å². The second kappa shape index (κ2) is 5.11. The number of rotatable bonds is 2. The Labute approximate surface area is 121 Å². The molecule has 1 fully saturated rings. The summed E-state index contributed by atoms with van der Waals surface area (Å²) in [7, 11) is -3.25. The first-order valence-corrected chi connectivity index (χ1v) is 9.24. The van der Waals surface area contributed by atoms with E-state index in [1.54, 1.807) is 6.07 Å². The lowest BCUT2D eigenvalue weighted by molar-refractivity contribution is 0.0985. The molecule has 94 valence electrons. The summed E-state index contributed by atoms with van der Waals surface area (Å²) in [4.78, 5) is 12.7. The highest BCUT2D eigenvalue weighted by Gasteiger charge is 2.36. The first-order chi connectivity index (χ1) is 7.92. The van der Waals surface area contributed by atoms with Crippen LogP contribution in [0.3, 0.4) is 0 Å². The van der Waals surface area contributed by atoms with Gasteiger partial charge in [0.2, 0.25) is 0 Å². The van der Waals surface area contributed by atoms with Gasteiger partial charge in [-0.25, -0.2) is 8.42 Å². The number of hydrogen-bond donors (Lipinski definition) is 0. The fourth-order valence-electron chi connectivity index (χ4n) is 1.88. The maximum absolute atomic E-state index is 12.2. The van der Waals surface area contributed by atoms with E-state index in [2.05, 4.69) is 31.9 Å². The number of carbonyl (C=O) groups excluding carboxylic acids is 1. The van der Waals surface area contributed by atoms with Gasteiger partial charge in [-0.3, -0.25) is 4.79 Å². The van der Waals surface area contributed by atoms with E-state index in [4.69, 9.17) is 0 Å². The van der Waals surface area contributed by atoms with Gasteiger partial charge < -0.3 is 0 Å². The maximum Gasteiger partial charge on any atom is 0.190 e. The fourth-order valence-corrected chi connectivity index (χ4v) is 5.85. The van der Waals surface area contributed by atoms with Crippen LogP contribution < -0.4 is 0 Å². The molecule has 2 rings (SSSR count). The summed E-state index contributed by atoms with van der Waals surface area (Å²) in [5, 5.41) is -0.839. The first kappa shape index (κ1) is 13.7. The van der Waals surface area contributed by atoms with E-state index in [-0.39, 0.29) is 11.5 Å². The van der Waals surface area contributed by atoms with Gasteiger partial charge in [0, 0.05) is 4.47 Å². The van der Waals surface area contributed by atoms with Gasteiger partial charge in [0.1, 0.15) is 5.25 Å². The van der Waals surface area contributed by atoms with E-state index in [9.17, 15) is 13.2 Å². The molecule has 1 aromatic heterocycles. The van der Waals surface area contributed by atoms with Crippen LogP contribution in [-0.2, 0) is 9.84 Å². The Bertz CT molecular complexity index is 528. The summed E-state index contributed by atoms with van der Waals surface area (Å²) < 4.78 is 25.3. The van der Waals surface area contributed by atoms with Crippen LogP contribution in [0.25, 0.3) is 0 Å².